The van der Waals surface area contributed by atoms with Crippen LogP contribution >= 0.6 is 11.6 Å². The van der Waals surface area contributed by atoms with Crippen molar-refractivity contribution < 1.29 is 28.2 Å². The van der Waals surface area contributed by atoms with Crippen molar-refractivity contribution in [2.75, 3.05) is 13.2 Å². The molecule has 0 spiro atoms. The van der Waals surface area contributed by atoms with Gasteiger partial charge < -0.3 is 19.1 Å². The molecule has 0 radical (unpaired) electrons. The van der Waals surface area contributed by atoms with Crippen LogP contribution in [-0.4, -0.2) is 35.1 Å². The van der Waals surface area contributed by atoms with Gasteiger partial charge in [0, 0.05) is 24.6 Å². The van der Waals surface area contributed by atoms with Crippen molar-refractivity contribution in [1.29, 1.82) is 0 Å². The molecular weight excluding hydrogens is 468 g/mol. The lowest BCUT2D eigenvalue weighted by molar-refractivity contribution is -0.166. The minimum Gasteiger partial charge on any atom is -0.477 e. The molecule has 1 aromatic heterocycles. The van der Waals surface area contributed by atoms with Gasteiger partial charge in [-0.25, -0.2) is 13.6 Å². The quantitative estimate of drug-likeness (QED) is 0.483. The number of carbonyl (C=O) groups is 1. The number of ether oxygens (including phenoxy) is 2. The standard InChI is InChI=1S/C25H24ClF2NO5/c1-14(13-34-22-7-2-3-8-33-22)29-12-18(25(31)32)24(30)17-10-16(20(27)11-21(17)29)9-15-5-4-6-19(26)23(15)28/h4-6,10-12,14,22H,2-3,7-9,13H2,1H3,(H,31,32)/t14-,22?/m0/s1. The SMILES string of the molecule is C[C@@H](COC1CCCCO1)n1cc(C(=O)O)c(=O)c2cc(Cc3cccc(Cl)c3F)c(F)cc21. The van der Waals surface area contributed by atoms with Crippen LogP contribution in [0.3, 0.4) is 0 Å². The van der Waals surface area contributed by atoms with E-state index in [9.17, 15) is 19.1 Å². The van der Waals surface area contributed by atoms with Gasteiger partial charge in [0.1, 0.15) is 17.2 Å². The highest BCUT2D eigenvalue weighted by Crippen LogP contribution is 2.26. The highest BCUT2D eigenvalue weighted by atomic mass is 35.5. The van der Waals surface area contributed by atoms with Gasteiger partial charge in [0.2, 0.25) is 5.43 Å². The van der Waals surface area contributed by atoms with Crippen LogP contribution in [0, 0.1) is 11.6 Å². The predicted octanol–water partition coefficient (Wildman–Crippen LogP) is 5.33. The van der Waals surface area contributed by atoms with Crippen LogP contribution in [-0.2, 0) is 15.9 Å². The third-order valence-corrected chi connectivity index (χ3v) is 6.27. The first-order valence-electron chi connectivity index (χ1n) is 11.0. The van der Waals surface area contributed by atoms with E-state index in [-0.39, 0.29) is 46.4 Å². The second-order valence-electron chi connectivity index (χ2n) is 8.41. The van der Waals surface area contributed by atoms with Crippen LogP contribution in [0.25, 0.3) is 10.9 Å². The largest absolute Gasteiger partial charge is 0.477 e. The van der Waals surface area contributed by atoms with Crippen LogP contribution in [0.5, 0.6) is 0 Å². The molecule has 1 saturated heterocycles. The molecular formula is C25H24ClF2NO5. The maximum atomic E-state index is 15.1. The number of fused-ring (bicyclic) bond motifs is 1. The van der Waals surface area contributed by atoms with Crippen molar-refractivity contribution in [3.05, 3.63) is 80.1 Å². The minimum absolute atomic E-state index is 0.0273. The molecule has 2 aromatic carbocycles. The number of carboxylic acid groups (broad SMARTS) is 1. The van der Waals surface area contributed by atoms with E-state index in [2.05, 4.69) is 0 Å². The fourth-order valence-electron chi connectivity index (χ4n) is 4.13. The Morgan fingerprint density at radius 2 is 2.09 bits per heavy atom. The molecule has 0 amide bonds. The molecule has 9 heteroatoms. The monoisotopic (exact) mass is 491 g/mol. The van der Waals surface area contributed by atoms with Crippen molar-refractivity contribution >= 4 is 28.5 Å². The summed E-state index contributed by atoms with van der Waals surface area (Å²) < 4.78 is 42.4. The van der Waals surface area contributed by atoms with E-state index in [1.165, 1.54) is 35.0 Å². The zero-order valence-corrected chi connectivity index (χ0v) is 19.3. The molecule has 34 heavy (non-hydrogen) atoms. The van der Waals surface area contributed by atoms with Crippen LogP contribution in [0.1, 0.15) is 53.7 Å². The molecule has 1 aliphatic heterocycles. The fourth-order valence-corrected chi connectivity index (χ4v) is 4.32. The first-order valence-corrected chi connectivity index (χ1v) is 11.4. The Kier molecular flexibility index (Phi) is 7.30. The Morgan fingerprint density at radius 3 is 2.79 bits per heavy atom. The Bertz CT molecular complexity index is 1290. The Hall–Kier alpha value is -2.81. The summed E-state index contributed by atoms with van der Waals surface area (Å²) in [6.45, 7) is 2.58. The van der Waals surface area contributed by atoms with Crippen LogP contribution in [0.2, 0.25) is 5.02 Å². The summed E-state index contributed by atoms with van der Waals surface area (Å²) in [5.74, 6) is -2.71. The second kappa shape index (κ2) is 10.2. The molecule has 1 aliphatic rings. The predicted molar refractivity (Wildman–Crippen MR) is 124 cm³/mol. The van der Waals surface area contributed by atoms with Crippen molar-refractivity contribution in [2.24, 2.45) is 0 Å². The smallest absolute Gasteiger partial charge is 0.341 e. The number of halogens is 3. The van der Waals surface area contributed by atoms with E-state index in [1.54, 1.807) is 13.0 Å². The summed E-state index contributed by atoms with van der Waals surface area (Å²) in [5.41, 5.74) is -0.743. The lowest BCUT2D eigenvalue weighted by Gasteiger charge is -2.26. The summed E-state index contributed by atoms with van der Waals surface area (Å²) in [6, 6.07) is 6.46. The Labute approximate surface area is 199 Å². The summed E-state index contributed by atoms with van der Waals surface area (Å²) in [7, 11) is 0. The molecule has 2 heterocycles. The number of carboxylic acids is 1. The van der Waals surface area contributed by atoms with Gasteiger partial charge in [-0.05, 0) is 55.5 Å². The maximum Gasteiger partial charge on any atom is 0.341 e. The molecule has 0 saturated carbocycles. The highest BCUT2D eigenvalue weighted by Gasteiger charge is 2.22. The molecule has 1 unspecified atom stereocenters. The van der Waals surface area contributed by atoms with Crippen LogP contribution in [0.4, 0.5) is 8.78 Å². The van der Waals surface area contributed by atoms with Crippen molar-refractivity contribution in [2.45, 2.75) is 44.9 Å². The number of hydrogen-bond acceptors (Lipinski definition) is 4. The van der Waals surface area contributed by atoms with E-state index >= 15 is 4.39 Å². The average molecular weight is 492 g/mol. The van der Waals surface area contributed by atoms with E-state index in [0.29, 0.717) is 6.61 Å². The maximum absolute atomic E-state index is 15.1. The molecule has 0 aliphatic carbocycles. The van der Waals surface area contributed by atoms with Crippen LogP contribution in [0.15, 0.2) is 41.3 Å². The number of aromatic carboxylic acids is 1. The van der Waals surface area contributed by atoms with Gasteiger partial charge >= 0.3 is 5.97 Å². The molecule has 2 atom stereocenters. The van der Waals surface area contributed by atoms with Crippen LogP contribution < -0.4 is 5.43 Å². The zero-order chi connectivity index (χ0) is 24.4. The number of rotatable bonds is 7. The summed E-state index contributed by atoms with van der Waals surface area (Å²) in [5, 5.41) is 9.52. The summed E-state index contributed by atoms with van der Waals surface area (Å²) in [6.07, 6.45) is 3.43. The van der Waals surface area contributed by atoms with E-state index in [0.717, 1.165) is 19.3 Å². The first kappa shape index (κ1) is 24.3. The molecule has 180 valence electrons. The van der Waals surface area contributed by atoms with Gasteiger partial charge in [0.25, 0.3) is 0 Å². The molecule has 1 N–H and O–H groups in total. The molecule has 3 aromatic rings. The fraction of sp³-hybridized carbons (Fsp3) is 0.360. The normalized spacial score (nSPS) is 17.1. The number of benzene rings is 2. The third kappa shape index (κ3) is 4.99. The van der Waals surface area contributed by atoms with Gasteiger partial charge in [0.05, 0.1) is 23.2 Å². The number of aromatic nitrogens is 1. The van der Waals surface area contributed by atoms with Crippen molar-refractivity contribution in [3.8, 4) is 0 Å². The molecule has 6 nitrogen and oxygen atoms in total. The van der Waals surface area contributed by atoms with Gasteiger partial charge in [-0.3, -0.25) is 4.79 Å². The topological polar surface area (TPSA) is 77.8 Å². The molecule has 1 fully saturated rings. The van der Waals surface area contributed by atoms with Gasteiger partial charge in [-0.2, -0.15) is 0 Å². The number of hydrogen-bond donors (Lipinski definition) is 1. The lowest BCUT2D eigenvalue weighted by Crippen LogP contribution is -2.27. The summed E-state index contributed by atoms with van der Waals surface area (Å²) >= 11 is 5.83. The number of nitrogens with zero attached hydrogens (tertiary/aromatic N) is 1. The van der Waals surface area contributed by atoms with E-state index in [4.69, 9.17) is 21.1 Å². The third-order valence-electron chi connectivity index (χ3n) is 5.98. The van der Waals surface area contributed by atoms with Gasteiger partial charge in [-0.15, -0.1) is 0 Å². The highest BCUT2D eigenvalue weighted by molar-refractivity contribution is 6.30. The molecule has 4 rings (SSSR count). The Morgan fingerprint density at radius 1 is 1.29 bits per heavy atom. The van der Waals surface area contributed by atoms with E-state index < -0.39 is 34.6 Å². The van der Waals surface area contributed by atoms with Gasteiger partial charge in [0.15, 0.2) is 6.29 Å². The Balaban J connectivity index is 1.75. The number of pyridine rings is 1. The van der Waals surface area contributed by atoms with Crippen molar-refractivity contribution in [1.82, 2.24) is 4.57 Å². The van der Waals surface area contributed by atoms with Crippen molar-refractivity contribution in [3.63, 3.8) is 0 Å². The minimum atomic E-state index is -1.39. The van der Waals surface area contributed by atoms with Gasteiger partial charge in [-0.1, -0.05) is 23.7 Å². The summed E-state index contributed by atoms with van der Waals surface area (Å²) in [4.78, 5) is 24.7. The second-order valence-corrected chi connectivity index (χ2v) is 8.82. The average Bonchev–Trinajstić information content (AvgIpc) is 2.82. The van der Waals surface area contributed by atoms with E-state index in [1.807, 2.05) is 0 Å². The zero-order valence-electron chi connectivity index (χ0n) is 18.5. The lowest BCUT2D eigenvalue weighted by atomic mass is 10.0. The first-order chi connectivity index (χ1) is 16.3. The molecule has 0 bridgehead atoms.